The average molecular weight is 265 g/mol. The smallest absolute Gasteiger partial charge is 0.325 e. The van der Waals surface area contributed by atoms with Crippen LogP contribution in [-0.4, -0.2) is 22.9 Å². The van der Waals surface area contributed by atoms with E-state index in [0.29, 0.717) is 12.0 Å². The van der Waals surface area contributed by atoms with Gasteiger partial charge in [-0.05, 0) is 30.2 Å². The van der Waals surface area contributed by atoms with Crippen molar-refractivity contribution in [2.75, 3.05) is 5.73 Å². The van der Waals surface area contributed by atoms with Crippen LogP contribution in [0.15, 0.2) is 18.2 Å². The fourth-order valence-corrected chi connectivity index (χ4v) is 2.16. The minimum Gasteiger partial charge on any atom is -0.399 e. The summed E-state index contributed by atoms with van der Waals surface area (Å²) in [5, 5.41) is 2.62. The molecule has 0 aromatic heterocycles. The van der Waals surface area contributed by atoms with Gasteiger partial charge in [-0.3, -0.25) is 9.69 Å². The van der Waals surface area contributed by atoms with Crippen molar-refractivity contribution in [1.29, 1.82) is 0 Å². The highest BCUT2D eigenvalue weighted by atomic mass is 19.1. The lowest BCUT2D eigenvalue weighted by Gasteiger charge is -2.13. The van der Waals surface area contributed by atoms with Crippen LogP contribution in [0.4, 0.5) is 14.9 Å². The number of amides is 3. The lowest BCUT2D eigenvalue weighted by Crippen LogP contribution is -2.31. The second kappa shape index (κ2) is 5.26. The van der Waals surface area contributed by atoms with Gasteiger partial charge >= 0.3 is 6.03 Å². The van der Waals surface area contributed by atoms with Crippen LogP contribution >= 0.6 is 0 Å². The molecule has 1 aromatic carbocycles. The standard InChI is InChI=1S/C13H16FN3O2/c1-2-3-11-12(18)17(13(19)16-11)7-8-4-9(14)6-10(15)5-8/h4-6,11H,2-3,7,15H2,1H3,(H,16,19). The molecule has 2 rings (SSSR count). The summed E-state index contributed by atoms with van der Waals surface area (Å²) in [6.45, 7) is 1.97. The molecule has 3 N–H and O–H groups in total. The lowest BCUT2D eigenvalue weighted by atomic mass is 10.1. The molecule has 5 nitrogen and oxygen atoms in total. The van der Waals surface area contributed by atoms with Crippen molar-refractivity contribution in [2.45, 2.75) is 32.4 Å². The monoisotopic (exact) mass is 265 g/mol. The molecule has 0 bridgehead atoms. The maximum absolute atomic E-state index is 13.2. The molecule has 0 radical (unpaired) electrons. The minimum absolute atomic E-state index is 0.0346. The number of carbonyl (C=O) groups excluding carboxylic acids is 2. The summed E-state index contributed by atoms with van der Waals surface area (Å²) in [5.41, 5.74) is 6.30. The van der Waals surface area contributed by atoms with Crippen molar-refractivity contribution in [2.24, 2.45) is 0 Å². The van der Waals surface area contributed by atoms with E-state index in [4.69, 9.17) is 5.73 Å². The fraction of sp³-hybridized carbons (Fsp3) is 0.385. The zero-order valence-electron chi connectivity index (χ0n) is 10.6. The van der Waals surface area contributed by atoms with Gasteiger partial charge in [-0.1, -0.05) is 13.3 Å². The Kier molecular flexibility index (Phi) is 3.69. The highest BCUT2D eigenvalue weighted by Crippen LogP contribution is 2.17. The second-order valence-corrected chi connectivity index (χ2v) is 4.61. The Labute approximate surface area is 110 Å². The van der Waals surface area contributed by atoms with Crippen molar-refractivity contribution in [3.63, 3.8) is 0 Å². The van der Waals surface area contributed by atoms with Gasteiger partial charge in [-0.15, -0.1) is 0 Å². The molecule has 102 valence electrons. The number of nitrogens with zero attached hydrogens (tertiary/aromatic N) is 1. The molecule has 1 atom stereocenters. The third-order valence-corrected chi connectivity index (χ3v) is 3.00. The lowest BCUT2D eigenvalue weighted by molar-refractivity contribution is -0.128. The van der Waals surface area contributed by atoms with E-state index in [1.165, 1.54) is 12.1 Å². The molecular formula is C13H16FN3O2. The molecule has 1 aromatic rings. The Bertz CT molecular complexity index is 498. The summed E-state index contributed by atoms with van der Waals surface area (Å²) >= 11 is 0. The molecule has 0 spiro atoms. The Morgan fingerprint density at radius 3 is 2.74 bits per heavy atom. The largest absolute Gasteiger partial charge is 0.399 e. The van der Waals surface area contributed by atoms with Gasteiger partial charge in [0.25, 0.3) is 5.91 Å². The summed E-state index contributed by atoms with van der Waals surface area (Å²) in [4.78, 5) is 24.8. The number of urea groups is 1. The Morgan fingerprint density at radius 1 is 1.37 bits per heavy atom. The Hall–Kier alpha value is -2.11. The molecule has 6 heteroatoms. The number of anilines is 1. The van der Waals surface area contributed by atoms with Gasteiger partial charge in [0.15, 0.2) is 0 Å². The minimum atomic E-state index is -0.479. The van der Waals surface area contributed by atoms with Crippen LogP contribution in [0.25, 0.3) is 0 Å². The average Bonchev–Trinajstić information content (AvgIpc) is 2.56. The van der Waals surface area contributed by atoms with Crippen LogP contribution < -0.4 is 11.1 Å². The van der Waals surface area contributed by atoms with Crippen molar-refractivity contribution < 1.29 is 14.0 Å². The predicted octanol–water partition coefficient (Wildman–Crippen LogP) is 1.63. The Morgan fingerprint density at radius 2 is 2.11 bits per heavy atom. The SMILES string of the molecule is CCCC1NC(=O)N(Cc2cc(N)cc(F)c2)C1=O. The highest BCUT2D eigenvalue weighted by molar-refractivity contribution is 6.04. The van der Waals surface area contributed by atoms with Crippen LogP contribution in [0.3, 0.4) is 0 Å². The van der Waals surface area contributed by atoms with Gasteiger partial charge in [0, 0.05) is 5.69 Å². The van der Waals surface area contributed by atoms with E-state index < -0.39 is 17.9 Å². The van der Waals surface area contributed by atoms with Crippen LogP contribution in [0, 0.1) is 5.82 Å². The molecule has 19 heavy (non-hydrogen) atoms. The van der Waals surface area contributed by atoms with E-state index in [-0.39, 0.29) is 18.1 Å². The first-order chi connectivity index (χ1) is 9.01. The van der Waals surface area contributed by atoms with E-state index in [9.17, 15) is 14.0 Å². The molecule has 0 aliphatic carbocycles. The van der Waals surface area contributed by atoms with E-state index in [1.54, 1.807) is 6.07 Å². The number of nitrogen functional groups attached to an aromatic ring is 1. The predicted molar refractivity (Wildman–Crippen MR) is 68.6 cm³/mol. The number of benzene rings is 1. The molecule has 0 saturated carbocycles. The number of carbonyl (C=O) groups is 2. The summed E-state index contributed by atoms with van der Waals surface area (Å²) in [5.74, 6) is -0.748. The van der Waals surface area contributed by atoms with Gasteiger partial charge in [-0.25, -0.2) is 9.18 Å². The van der Waals surface area contributed by atoms with Gasteiger partial charge in [0.05, 0.1) is 6.54 Å². The summed E-state index contributed by atoms with van der Waals surface area (Å²) < 4.78 is 13.2. The van der Waals surface area contributed by atoms with E-state index >= 15 is 0 Å². The van der Waals surface area contributed by atoms with E-state index in [0.717, 1.165) is 11.3 Å². The first-order valence-corrected chi connectivity index (χ1v) is 6.18. The molecule has 1 fully saturated rings. The summed E-state index contributed by atoms with van der Waals surface area (Å²) in [7, 11) is 0. The third-order valence-electron chi connectivity index (χ3n) is 3.00. The van der Waals surface area contributed by atoms with Crippen molar-refractivity contribution in [1.82, 2.24) is 10.2 Å². The molecule has 3 amide bonds. The maximum atomic E-state index is 13.2. The van der Waals surface area contributed by atoms with Crippen LogP contribution in [-0.2, 0) is 11.3 Å². The molecular weight excluding hydrogens is 249 g/mol. The van der Waals surface area contributed by atoms with E-state index in [2.05, 4.69) is 5.32 Å². The number of hydrogen-bond donors (Lipinski definition) is 2. The molecule has 1 aliphatic heterocycles. The van der Waals surface area contributed by atoms with Crippen LogP contribution in [0.2, 0.25) is 0 Å². The number of halogens is 1. The highest BCUT2D eigenvalue weighted by Gasteiger charge is 2.37. The van der Waals surface area contributed by atoms with Crippen molar-refractivity contribution >= 4 is 17.6 Å². The van der Waals surface area contributed by atoms with Gasteiger partial charge in [0.2, 0.25) is 0 Å². The zero-order chi connectivity index (χ0) is 14.0. The molecule has 1 aliphatic rings. The second-order valence-electron chi connectivity index (χ2n) is 4.61. The van der Waals surface area contributed by atoms with Gasteiger partial charge in [-0.2, -0.15) is 0 Å². The number of nitrogens with two attached hydrogens (primary N) is 1. The van der Waals surface area contributed by atoms with E-state index in [1.807, 2.05) is 6.92 Å². The van der Waals surface area contributed by atoms with Crippen LogP contribution in [0.5, 0.6) is 0 Å². The normalized spacial score (nSPS) is 18.8. The number of imide groups is 1. The summed E-state index contributed by atoms with van der Waals surface area (Å²) in [6, 6.07) is 3.10. The first-order valence-electron chi connectivity index (χ1n) is 6.18. The molecule has 1 saturated heterocycles. The van der Waals surface area contributed by atoms with Crippen LogP contribution in [0.1, 0.15) is 25.3 Å². The molecule has 1 unspecified atom stereocenters. The third kappa shape index (κ3) is 2.83. The van der Waals surface area contributed by atoms with Crippen molar-refractivity contribution in [3.05, 3.63) is 29.6 Å². The number of nitrogens with one attached hydrogen (secondary N) is 1. The van der Waals surface area contributed by atoms with Crippen molar-refractivity contribution in [3.8, 4) is 0 Å². The topological polar surface area (TPSA) is 75.4 Å². The van der Waals surface area contributed by atoms with Gasteiger partial charge < -0.3 is 11.1 Å². The maximum Gasteiger partial charge on any atom is 0.325 e. The quantitative estimate of drug-likeness (QED) is 0.641. The van der Waals surface area contributed by atoms with Gasteiger partial charge in [0.1, 0.15) is 11.9 Å². The molecule has 1 heterocycles. The Balaban J connectivity index is 2.14. The zero-order valence-corrected chi connectivity index (χ0v) is 10.6. The number of hydrogen-bond acceptors (Lipinski definition) is 3. The first kappa shape index (κ1) is 13.3. The summed E-state index contributed by atoms with van der Waals surface area (Å²) in [6.07, 6.45) is 1.41. The fourth-order valence-electron chi connectivity index (χ4n) is 2.16. The number of rotatable bonds is 4.